The molecule has 2 aromatic rings. The van der Waals surface area contributed by atoms with Crippen LogP contribution in [0.25, 0.3) is 11.0 Å². The van der Waals surface area contributed by atoms with Crippen LogP contribution >= 0.6 is 0 Å². The summed E-state index contributed by atoms with van der Waals surface area (Å²) in [5.74, 6) is -1.91. The maximum atomic E-state index is 12.2. The third-order valence-corrected chi connectivity index (χ3v) is 3.47. The average molecular weight is 297 g/mol. The number of sulfone groups is 1. The van der Waals surface area contributed by atoms with E-state index in [1.807, 2.05) is 0 Å². The second-order valence-corrected chi connectivity index (χ2v) is 6.45. The average Bonchev–Trinajstić information content (AvgIpc) is 2.34. The summed E-state index contributed by atoms with van der Waals surface area (Å²) in [7, 11) is -3.62. The Kier molecular flexibility index (Phi) is 3.22. The van der Waals surface area contributed by atoms with E-state index in [1.165, 1.54) is 24.3 Å². The van der Waals surface area contributed by atoms with Crippen LogP contribution < -0.4 is 10.2 Å². The smallest absolute Gasteiger partial charge is 0.347 e. The molecule has 1 aromatic heterocycles. The number of rotatable bonds is 3. The van der Waals surface area contributed by atoms with Crippen LogP contribution in [0.15, 0.2) is 24.3 Å². The normalized spacial score (nSPS) is 11.7. The summed E-state index contributed by atoms with van der Waals surface area (Å²) < 4.78 is 23.2. The summed E-state index contributed by atoms with van der Waals surface area (Å²) in [6, 6.07) is 5.73. The predicted molar refractivity (Wildman–Crippen MR) is 71.1 cm³/mol. The highest BCUT2D eigenvalue weighted by molar-refractivity contribution is 7.89. The minimum Gasteiger partial charge on any atom is -0.805 e. The Morgan fingerprint density at radius 3 is 2.55 bits per heavy atom. The Labute approximate surface area is 113 Å². The number of aromatic nitrogens is 2. The van der Waals surface area contributed by atoms with Crippen molar-refractivity contribution in [2.75, 3.05) is 6.26 Å². The fourth-order valence-electron chi connectivity index (χ4n) is 1.90. The molecule has 0 saturated heterocycles. The van der Waals surface area contributed by atoms with Crippen LogP contribution in [0.3, 0.4) is 0 Å². The van der Waals surface area contributed by atoms with Crippen molar-refractivity contribution in [3.8, 4) is 0 Å². The predicted octanol–water partition coefficient (Wildman–Crippen LogP) is -0.455. The van der Waals surface area contributed by atoms with Crippen molar-refractivity contribution in [2.45, 2.75) is 5.75 Å². The van der Waals surface area contributed by atoms with E-state index in [1.54, 1.807) is 0 Å². The van der Waals surface area contributed by atoms with E-state index in [0.717, 1.165) is 6.26 Å². The van der Waals surface area contributed by atoms with E-state index in [9.17, 15) is 23.3 Å². The molecular weight excluding hydrogens is 286 g/mol. The number of para-hydroxylation sites is 2. The second kappa shape index (κ2) is 4.60. The summed E-state index contributed by atoms with van der Waals surface area (Å²) in [5, 5.41) is 12.2. The zero-order chi connectivity index (χ0) is 15.1. The fourth-order valence-corrected chi connectivity index (χ4v) is 2.66. The van der Waals surface area contributed by atoms with E-state index in [4.69, 9.17) is 5.73 Å². The number of carbonyl (C=O) groups is 1. The summed E-state index contributed by atoms with van der Waals surface area (Å²) in [4.78, 5) is 23.5. The van der Waals surface area contributed by atoms with Crippen LogP contribution in [0.4, 0.5) is 0 Å². The van der Waals surface area contributed by atoms with Gasteiger partial charge in [-0.3, -0.25) is 4.79 Å². The lowest BCUT2D eigenvalue weighted by Gasteiger charge is -2.17. The van der Waals surface area contributed by atoms with Crippen LogP contribution in [-0.4, -0.2) is 25.3 Å². The minimum absolute atomic E-state index is 0.0360. The van der Waals surface area contributed by atoms with Gasteiger partial charge in [0.2, 0.25) is 0 Å². The number of benzene rings is 1. The van der Waals surface area contributed by atoms with Gasteiger partial charge < -0.3 is 15.7 Å². The number of hydrogen-bond acceptors (Lipinski definition) is 5. The Hall–Kier alpha value is -2.42. The van der Waals surface area contributed by atoms with Crippen LogP contribution in [0.5, 0.6) is 0 Å². The van der Waals surface area contributed by atoms with Crippen LogP contribution in [0.2, 0.25) is 0 Å². The number of amides is 1. The Morgan fingerprint density at radius 1 is 1.40 bits per heavy atom. The first kappa shape index (κ1) is 14.0. The standard InChI is InChI=1S/C11H11N3O5S/c1-20(18,19)6-9-10(11(12)15)14(17)8-5-3-2-4-7(8)13(9)16/h2-5H,6H2,1H3,(H2,12,15). The highest BCUT2D eigenvalue weighted by Crippen LogP contribution is 2.16. The summed E-state index contributed by atoms with van der Waals surface area (Å²) in [6.45, 7) is 0. The zero-order valence-electron chi connectivity index (χ0n) is 10.4. The summed E-state index contributed by atoms with van der Waals surface area (Å²) in [5.41, 5.74) is 3.85. The van der Waals surface area contributed by atoms with Gasteiger partial charge in [-0.2, -0.15) is 0 Å². The van der Waals surface area contributed by atoms with E-state index < -0.39 is 32.9 Å². The maximum Gasteiger partial charge on any atom is 0.347 e. The zero-order valence-corrected chi connectivity index (χ0v) is 11.3. The quantitative estimate of drug-likeness (QED) is 0.767. The van der Waals surface area contributed by atoms with Gasteiger partial charge in [0.05, 0.1) is 10.2 Å². The van der Waals surface area contributed by atoms with E-state index >= 15 is 0 Å². The molecule has 0 radical (unpaired) electrons. The van der Waals surface area contributed by atoms with Gasteiger partial charge in [-0.15, -0.1) is 0 Å². The van der Waals surface area contributed by atoms with Gasteiger partial charge in [-0.1, -0.05) is 12.1 Å². The fraction of sp³-hybridized carbons (Fsp3) is 0.182. The van der Waals surface area contributed by atoms with Gasteiger partial charge in [-0.25, -0.2) is 8.42 Å². The van der Waals surface area contributed by atoms with E-state index in [-0.39, 0.29) is 20.2 Å². The van der Waals surface area contributed by atoms with E-state index in [0.29, 0.717) is 0 Å². The first-order chi connectivity index (χ1) is 9.22. The number of hydrogen-bond donors (Lipinski definition) is 1. The first-order valence-electron chi connectivity index (χ1n) is 5.46. The number of fused-ring (bicyclic) bond motifs is 1. The molecule has 0 aliphatic rings. The monoisotopic (exact) mass is 297 g/mol. The van der Waals surface area contributed by atoms with Crippen LogP contribution in [0, 0.1) is 10.1 Å². The molecule has 0 aliphatic heterocycles. The Balaban J connectivity index is 2.98. The van der Waals surface area contributed by atoms with E-state index in [2.05, 4.69) is 0 Å². The van der Waals surface area contributed by atoms with Crippen molar-refractivity contribution < 1.29 is 17.6 Å². The lowest BCUT2D eigenvalue weighted by atomic mass is 10.2. The van der Waals surface area contributed by atoms with Crippen molar-refractivity contribution in [3.63, 3.8) is 0 Å². The lowest BCUT2D eigenvalue weighted by molar-refractivity contribution is -0.468. The molecule has 0 aliphatic carbocycles. The molecule has 2 N–H and O–H groups in total. The van der Waals surface area contributed by atoms with Gasteiger partial charge in [0.15, 0.2) is 9.84 Å². The number of nitrogens with zero attached hydrogens (tertiary/aromatic N) is 2. The topological polar surface area (TPSA) is 128 Å². The highest BCUT2D eigenvalue weighted by atomic mass is 32.2. The molecule has 1 aromatic carbocycles. The molecule has 0 atom stereocenters. The van der Waals surface area contributed by atoms with Gasteiger partial charge in [0.1, 0.15) is 11.2 Å². The van der Waals surface area contributed by atoms with Crippen LogP contribution in [-0.2, 0) is 15.6 Å². The minimum atomic E-state index is -3.62. The molecule has 0 bridgehead atoms. The highest BCUT2D eigenvalue weighted by Gasteiger charge is 2.28. The van der Waals surface area contributed by atoms with Gasteiger partial charge >= 0.3 is 11.6 Å². The SMILES string of the molecule is CS(=O)(=O)Cc1c(C(N)=O)[n+](=O)c2ccccc2n1[O-]. The van der Waals surface area contributed by atoms with Crippen LogP contribution in [0.1, 0.15) is 16.2 Å². The molecule has 2 rings (SSSR count). The summed E-state index contributed by atoms with van der Waals surface area (Å²) >= 11 is 0. The maximum absolute atomic E-state index is 12.2. The molecule has 106 valence electrons. The Bertz CT molecular complexity index is 869. The molecule has 0 saturated carbocycles. The van der Waals surface area contributed by atoms with Crippen molar-refractivity contribution in [1.29, 1.82) is 0 Å². The van der Waals surface area contributed by atoms with Crippen molar-refractivity contribution in [1.82, 2.24) is 4.73 Å². The molecule has 9 heteroatoms. The molecule has 0 spiro atoms. The number of nitrogens with two attached hydrogens (primary N) is 1. The molecule has 0 unspecified atom stereocenters. The largest absolute Gasteiger partial charge is 0.805 e. The van der Waals surface area contributed by atoms with Gasteiger partial charge in [0, 0.05) is 17.2 Å². The van der Waals surface area contributed by atoms with Gasteiger partial charge in [0.25, 0.3) is 5.52 Å². The van der Waals surface area contributed by atoms with Gasteiger partial charge in [-0.05, 0) is 6.07 Å². The van der Waals surface area contributed by atoms with Crippen molar-refractivity contribution in [3.05, 3.63) is 45.8 Å². The molecule has 8 nitrogen and oxygen atoms in total. The second-order valence-electron chi connectivity index (χ2n) is 4.31. The lowest BCUT2D eigenvalue weighted by Crippen LogP contribution is -2.35. The Morgan fingerprint density at radius 2 is 2.00 bits per heavy atom. The third-order valence-electron chi connectivity index (χ3n) is 2.67. The number of primary amides is 1. The molecule has 1 amide bonds. The van der Waals surface area contributed by atoms with Crippen molar-refractivity contribution >= 4 is 26.8 Å². The molecule has 0 fully saturated rings. The third kappa shape index (κ3) is 2.35. The molecule has 20 heavy (non-hydrogen) atoms. The molecular formula is C11H11N3O5S. The summed E-state index contributed by atoms with van der Waals surface area (Å²) in [6.07, 6.45) is 0.891. The van der Waals surface area contributed by atoms with Crippen molar-refractivity contribution in [2.24, 2.45) is 5.73 Å². The number of carbonyl (C=O) groups excluding carboxylic acids is 1. The molecule has 1 heterocycles. The first-order valence-corrected chi connectivity index (χ1v) is 7.52.